The summed E-state index contributed by atoms with van der Waals surface area (Å²) in [5.41, 5.74) is 0.210. The number of aliphatic hydroxyl groups is 3. The van der Waals surface area contributed by atoms with Crippen LogP contribution in [0.3, 0.4) is 0 Å². The molecule has 5 unspecified atom stereocenters. The Kier molecular flexibility index (Phi) is 40.0. The Morgan fingerprint density at radius 2 is 0.966 bits per heavy atom. The van der Waals surface area contributed by atoms with Gasteiger partial charge in [0.15, 0.2) is 6.10 Å². The molecule has 0 aromatic rings. The van der Waals surface area contributed by atoms with Crippen LogP contribution >= 0.6 is 0 Å². The van der Waals surface area contributed by atoms with Gasteiger partial charge < -0.3 is 77.8 Å². The number of carbonyl (C=O) groups is 6. The molecule has 20 heteroatoms. The van der Waals surface area contributed by atoms with Crippen LogP contribution in [-0.4, -0.2) is 163 Å². The predicted molar refractivity (Wildman–Crippen MR) is 213 cm³/mol. The summed E-state index contributed by atoms with van der Waals surface area (Å²) in [6.07, 6.45) is 1.25. The van der Waals surface area contributed by atoms with Gasteiger partial charge in [-0.25, -0.2) is 14.4 Å². The Morgan fingerprint density at radius 3 is 1.22 bits per heavy atom. The number of carbonyl (C=O) groups excluding carboxylic acids is 6. The van der Waals surface area contributed by atoms with Crippen LogP contribution in [-0.2, 0) is 71.4 Å². The van der Waals surface area contributed by atoms with Crippen molar-refractivity contribution in [1.82, 2.24) is 0 Å². The van der Waals surface area contributed by atoms with Gasteiger partial charge in [0.2, 0.25) is 11.9 Å². The van der Waals surface area contributed by atoms with Crippen molar-refractivity contribution in [3.63, 3.8) is 0 Å². The summed E-state index contributed by atoms with van der Waals surface area (Å²) >= 11 is 0. The van der Waals surface area contributed by atoms with Crippen molar-refractivity contribution in [3.05, 3.63) is 31.7 Å². The Bertz CT molecular complexity index is 1230. The molecule has 4 fully saturated rings. The number of rotatable bonds is 6. The van der Waals surface area contributed by atoms with Gasteiger partial charge >= 0.3 is 58.9 Å². The molecule has 0 aromatic heterocycles. The fraction of sp³-hybridized carbons (Fsp3) is 0.718. The number of cyclic esters (lactones) is 1. The second-order valence-corrected chi connectivity index (χ2v) is 13.4. The second-order valence-electron chi connectivity index (χ2n) is 13.4. The summed E-state index contributed by atoms with van der Waals surface area (Å²) in [7, 11) is 3.33. The van der Waals surface area contributed by atoms with E-state index in [-0.39, 0.29) is 90.2 Å². The minimum Gasteiger partial charge on any atom is -1.00 e. The van der Waals surface area contributed by atoms with Crippen molar-refractivity contribution >= 4 is 58.9 Å². The molecule has 4 saturated heterocycles. The normalized spacial score (nSPS) is 23.1. The second kappa shape index (κ2) is 34.8. The van der Waals surface area contributed by atoms with Gasteiger partial charge in [0, 0.05) is 71.8 Å². The van der Waals surface area contributed by atoms with Crippen molar-refractivity contribution < 1.29 is 99.1 Å². The molecule has 0 radical (unpaired) electrons. The zero-order chi connectivity index (χ0) is 44.4. The number of methoxy groups -OCH3 is 1. The summed E-state index contributed by atoms with van der Waals surface area (Å²) in [5.74, 6) is -3.47. The molecule has 5 atom stereocenters. The minimum absolute atomic E-state index is 0. The maximum atomic E-state index is 11.2. The van der Waals surface area contributed by atoms with Crippen LogP contribution in [0.15, 0.2) is 24.3 Å². The number of hydrogen-bond acceptors (Lipinski definition) is 18. The van der Waals surface area contributed by atoms with Crippen LogP contribution in [0.2, 0.25) is 0 Å². The maximum absolute atomic E-state index is 11.2. The zero-order valence-electron chi connectivity index (χ0n) is 37.4. The summed E-state index contributed by atoms with van der Waals surface area (Å²) in [6, 6.07) is 0. The average molecular weight is 886 g/mol. The standard InChI is InChI=1S/C10H16O3.C8H14O3.C7H12O4.C6H8O4.C5H8O2.2CH4O.CH3.ClH.Mg/c1-7(2)9(11)13-8-5-6-12-10(8,3)4;1-6(9)11-7-4-5-10-8(7,2)3;1-5(8)11-6-3-4-10-7(6,2)9;1-4(7)10-5-2-3-9-6(5)8;1-4(2)5(6)7-3;2*1-2;;;/h8H,1,5-6H2,2-4H3;7H,4-5H2,1-3H3;6,9H,3-4H2,1-2H3;5H,2-3H2,1H3;1H2,2-3H3;2*2H,1H3;1H3;1H;/q;;;;;;;-1;;+2/p-1. The number of halogens is 1. The van der Waals surface area contributed by atoms with Gasteiger partial charge in [-0.1, -0.05) is 13.2 Å². The molecule has 0 aromatic carbocycles. The van der Waals surface area contributed by atoms with E-state index in [2.05, 4.69) is 27.4 Å². The molecule has 3 N–H and O–H groups in total. The van der Waals surface area contributed by atoms with Gasteiger partial charge in [-0.2, -0.15) is 0 Å². The third-order valence-corrected chi connectivity index (χ3v) is 7.57. The maximum Gasteiger partial charge on any atom is 2.00 e. The zero-order valence-corrected chi connectivity index (χ0v) is 39.6. The first-order valence-corrected chi connectivity index (χ1v) is 17.7. The molecule has 342 valence electrons. The van der Waals surface area contributed by atoms with Crippen LogP contribution in [0.1, 0.15) is 94.9 Å². The van der Waals surface area contributed by atoms with Crippen LogP contribution in [0.25, 0.3) is 0 Å². The van der Waals surface area contributed by atoms with E-state index in [1.165, 1.54) is 34.8 Å². The van der Waals surface area contributed by atoms with E-state index in [0.29, 0.717) is 50.4 Å². The molecule has 0 aliphatic carbocycles. The first-order valence-electron chi connectivity index (χ1n) is 17.7. The molecule has 4 aliphatic rings. The van der Waals surface area contributed by atoms with E-state index in [9.17, 15) is 33.9 Å². The third-order valence-electron chi connectivity index (χ3n) is 7.57. The Morgan fingerprint density at radius 1 is 0.610 bits per heavy atom. The van der Waals surface area contributed by atoms with Crippen LogP contribution < -0.4 is 12.4 Å². The van der Waals surface area contributed by atoms with Crippen molar-refractivity contribution in [2.24, 2.45) is 0 Å². The van der Waals surface area contributed by atoms with Crippen LogP contribution in [0.5, 0.6) is 0 Å². The van der Waals surface area contributed by atoms with Gasteiger partial charge in [0.05, 0.1) is 44.7 Å². The van der Waals surface area contributed by atoms with Crippen LogP contribution in [0, 0.1) is 7.43 Å². The number of hydrogen-bond donors (Lipinski definition) is 3. The van der Waals surface area contributed by atoms with Crippen molar-refractivity contribution in [2.45, 2.75) is 136 Å². The van der Waals surface area contributed by atoms with Crippen molar-refractivity contribution in [3.8, 4) is 0 Å². The molecule has 4 rings (SSSR count). The molecule has 4 heterocycles. The van der Waals surface area contributed by atoms with E-state index in [4.69, 9.17) is 38.6 Å². The molecule has 0 bridgehead atoms. The van der Waals surface area contributed by atoms with Crippen molar-refractivity contribution in [1.29, 1.82) is 0 Å². The SMILES string of the molecule is C=C(C)C(=O)OC.C=C(C)C(=O)OC1CCOC1(C)C.CC(=O)OC1CCOC1(C)C.CC(=O)OC1CCOC1(C)O.CC(=O)OC1CCOC1=O.CO.CO.[CH3-].[Cl-].[Mg+2]. The molecule has 0 amide bonds. The third kappa shape index (κ3) is 29.9. The van der Waals surface area contributed by atoms with Gasteiger partial charge in [-0.3, -0.25) is 14.4 Å². The van der Waals surface area contributed by atoms with E-state index in [0.717, 1.165) is 27.1 Å². The smallest absolute Gasteiger partial charge is 1.00 e. The fourth-order valence-corrected chi connectivity index (χ4v) is 4.63. The first-order chi connectivity index (χ1) is 25.9. The van der Waals surface area contributed by atoms with Gasteiger partial charge in [-0.15, -0.1) is 0 Å². The van der Waals surface area contributed by atoms with E-state index >= 15 is 0 Å². The minimum atomic E-state index is -1.30. The fourth-order valence-electron chi connectivity index (χ4n) is 4.63. The van der Waals surface area contributed by atoms with Gasteiger partial charge in [0.1, 0.15) is 12.2 Å². The first kappa shape index (κ1) is 67.9. The average Bonchev–Trinajstić information content (AvgIpc) is 3.85. The monoisotopic (exact) mass is 884 g/mol. The van der Waals surface area contributed by atoms with E-state index in [1.54, 1.807) is 13.8 Å². The number of esters is 6. The molecule has 59 heavy (non-hydrogen) atoms. The molecule has 18 nitrogen and oxygen atoms in total. The van der Waals surface area contributed by atoms with Gasteiger partial charge in [0.25, 0.3) is 0 Å². The summed E-state index contributed by atoms with van der Waals surface area (Å²) in [6.45, 7) is 25.5. The Labute approximate surface area is 372 Å². The topological polar surface area (TPSA) is 246 Å². The Hall–Kier alpha value is -2.88. The molecule has 0 saturated carbocycles. The molecular weight excluding hydrogens is 816 g/mol. The van der Waals surface area contributed by atoms with Gasteiger partial charge in [-0.05, 0) is 48.5 Å². The summed E-state index contributed by atoms with van der Waals surface area (Å²) in [5, 5.41) is 23.4. The quantitative estimate of drug-likeness (QED) is 0.102. The largest absolute Gasteiger partial charge is 2.00 e. The number of ether oxygens (including phenoxy) is 9. The predicted octanol–water partition coefficient (Wildman–Crippen LogP) is -0.272. The molecular formula is C39H69ClMgO18. The number of aliphatic hydroxyl groups excluding tert-OH is 2. The van der Waals surface area contributed by atoms with Crippen molar-refractivity contribution in [2.75, 3.05) is 47.8 Å². The molecule has 4 aliphatic heterocycles. The summed E-state index contributed by atoms with van der Waals surface area (Å²) < 4.78 is 44.3. The Balaban J connectivity index is -0.000000145. The van der Waals surface area contributed by atoms with Crippen LogP contribution in [0.4, 0.5) is 0 Å². The van der Waals surface area contributed by atoms with E-state index in [1.807, 2.05) is 27.7 Å². The van der Waals surface area contributed by atoms with E-state index < -0.39 is 29.9 Å². The summed E-state index contributed by atoms with van der Waals surface area (Å²) in [4.78, 5) is 63.4. The molecule has 0 spiro atoms.